The van der Waals surface area contributed by atoms with E-state index in [-0.39, 0.29) is 17.5 Å². The number of hydrogen-bond acceptors (Lipinski definition) is 2. The van der Waals surface area contributed by atoms with E-state index >= 15 is 0 Å². The van der Waals surface area contributed by atoms with Gasteiger partial charge in [0.25, 0.3) is 5.91 Å². The van der Waals surface area contributed by atoms with Gasteiger partial charge in [-0.2, -0.15) is 0 Å². The number of nitrogens with one attached hydrogen (secondary N) is 1. The van der Waals surface area contributed by atoms with Crippen molar-refractivity contribution >= 4 is 5.91 Å². The number of carbonyl (C=O) groups is 1. The van der Waals surface area contributed by atoms with Gasteiger partial charge in [-0.05, 0) is 37.1 Å². The Morgan fingerprint density at radius 2 is 1.90 bits per heavy atom. The molecule has 1 saturated carbocycles. The third kappa shape index (κ3) is 2.25. The van der Waals surface area contributed by atoms with Crippen molar-refractivity contribution in [1.29, 1.82) is 0 Å². The zero-order chi connectivity index (χ0) is 14.2. The fraction of sp³-hybridized carbons (Fsp3) is 0.188. The number of rotatable bonds is 3. The molecule has 2 aromatic carbocycles. The first-order chi connectivity index (χ1) is 9.61. The third-order valence-corrected chi connectivity index (χ3v) is 3.60. The first-order valence-electron chi connectivity index (χ1n) is 6.47. The molecule has 3 nitrogen and oxygen atoms in total. The standard InChI is InChI=1S/C16H14FNO2/c17-14-7-2-1-6-13(14)16(8-9-16)18-15(20)11-4-3-5-12(19)10-11/h1-7,10,19H,8-9H2,(H,18,20). The van der Waals surface area contributed by atoms with E-state index < -0.39 is 5.54 Å². The van der Waals surface area contributed by atoms with Gasteiger partial charge < -0.3 is 10.4 Å². The van der Waals surface area contributed by atoms with Crippen LogP contribution >= 0.6 is 0 Å². The van der Waals surface area contributed by atoms with Crippen LogP contribution in [0.5, 0.6) is 5.75 Å². The van der Waals surface area contributed by atoms with E-state index in [4.69, 9.17) is 0 Å². The summed E-state index contributed by atoms with van der Waals surface area (Å²) in [7, 11) is 0. The van der Waals surface area contributed by atoms with E-state index in [9.17, 15) is 14.3 Å². The number of halogens is 1. The maximum atomic E-state index is 13.9. The molecule has 0 aromatic heterocycles. The molecule has 0 bridgehead atoms. The van der Waals surface area contributed by atoms with Gasteiger partial charge in [0, 0.05) is 11.1 Å². The predicted molar refractivity (Wildman–Crippen MR) is 72.9 cm³/mol. The van der Waals surface area contributed by atoms with Crippen LogP contribution in [0.4, 0.5) is 4.39 Å². The van der Waals surface area contributed by atoms with Crippen LogP contribution in [-0.2, 0) is 5.54 Å². The molecule has 0 aliphatic heterocycles. The summed E-state index contributed by atoms with van der Waals surface area (Å²) in [5.74, 6) is -0.573. The smallest absolute Gasteiger partial charge is 0.252 e. The lowest BCUT2D eigenvalue weighted by atomic mass is 10.0. The van der Waals surface area contributed by atoms with Gasteiger partial charge in [-0.25, -0.2) is 4.39 Å². The second-order valence-electron chi connectivity index (χ2n) is 5.07. The largest absolute Gasteiger partial charge is 0.508 e. The summed E-state index contributed by atoms with van der Waals surface area (Å²) in [6, 6.07) is 12.6. The number of aromatic hydroxyl groups is 1. The highest BCUT2D eigenvalue weighted by molar-refractivity contribution is 5.95. The van der Waals surface area contributed by atoms with Gasteiger partial charge in [-0.1, -0.05) is 24.3 Å². The molecule has 20 heavy (non-hydrogen) atoms. The summed E-state index contributed by atoms with van der Waals surface area (Å²) in [5, 5.41) is 12.3. The van der Waals surface area contributed by atoms with Gasteiger partial charge >= 0.3 is 0 Å². The van der Waals surface area contributed by atoms with Crippen molar-refractivity contribution in [3.63, 3.8) is 0 Å². The number of hydrogen-bond donors (Lipinski definition) is 2. The minimum absolute atomic E-state index is 0.0355. The highest BCUT2D eigenvalue weighted by Crippen LogP contribution is 2.46. The molecule has 2 aromatic rings. The molecule has 0 heterocycles. The van der Waals surface area contributed by atoms with Crippen molar-refractivity contribution in [2.75, 3.05) is 0 Å². The van der Waals surface area contributed by atoms with E-state index in [0.717, 1.165) is 12.8 Å². The molecule has 0 unspecified atom stereocenters. The van der Waals surface area contributed by atoms with Gasteiger partial charge in [0.1, 0.15) is 11.6 Å². The van der Waals surface area contributed by atoms with Gasteiger partial charge in [-0.15, -0.1) is 0 Å². The number of phenols is 1. The minimum Gasteiger partial charge on any atom is -0.508 e. The van der Waals surface area contributed by atoms with E-state index in [1.54, 1.807) is 30.3 Å². The Hall–Kier alpha value is -2.36. The summed E-state index contributed by atoms with van der Waals surface area (Å²) in [6.07, 6.45) is 1.44. The monoisotopic (exact) mass is 271 g/mol. The molecule has 0 saturated heterocycles. The van der Waals surface area contributed by atoms with Gasteiger partial charge in [-0.3, -0.25) is 4.79 Å². The molecule has 1 fully saturated rings. The van der Waals surface area contributed by atoms with Gasteiger partial charge in [0.2, 0.25) is 0 Å². The Morgan fingerprint density at radius 3 is 2.55 bits per heavy atom. The molecule has 0 atom stereocenters. The zero-order valence-electron chi connectivity index (χ0n) is 10.8. The van der Waals surface area contributed by atoms with Crippen molar-refractivity contribution in [1.82, 2.24) is 5.32 Å². The summed E-state index contributed by atoms with van der Waals surface area (Å²) in [6.45, 7) is 0. The van der Waals surface area contributed by atoms with Gasteiger partial charge in [0.15, 0.2) is 0 Å². The van der Waals surface area contributed by atoms with Crippen LogP contribution in [0.1, 0.15) is 28.8 Å². The van der Waals surface area contributed by atoms with Crippen LogP contribution in [0.15, 0.2) is 48.5 Å². The molecule has 1 amide bonds. The SMILES string of the molecule is O=C(NC1(c2ccccc2F)CC1)c1cccc(O)c1. The van der Waals surface area contributed by atoms with Gasteiger partial charge in [0.05, 0.1) is 5.54 Å². The van der Waals surface area contributed by atoms with Crippen molar-refractivity contribution in [3.8, 4) is 5.75 Å². The Kier molecular flexibility index (Phi) is 2.93. The second kappa shape index (κ2) is 4.63. The lowest BCUT2D eigenvalue weighted by molar-refractivity contribution is 0.0929. The van der Waals surface area contributed by atoms with Crippen LogP contribution in [0, 0.1) is 5.82 Å². The Balaban J connectivity index is 1.84. The molecular weight excluding hydrogens is 257 g/mol. The molecule has 0 radical (unpaired) electrons. The highest BCUT2D eigenvalue weighted by atomic mass is 19.1. The van der Waals surface area contributed by atoms with Crippen molar-refractivity contribution < 1.29 is 14.3 Å². The molecule has 0 spiro atoms. The number of phenolic OH excluding ortho intramolecular Hbond substituents is 1. The van der Waals surface area contributed by atoms with E-state index in [2.05, 4.69) is 5.32 Å². The molecule has 102 valence electrons. The van der Waals surface area contributed by atoms with E-state index in [1.165, 1.54) is 18.2 Å². The number of benzene rings is 2. The van der Waals surface area contributed by atoms with Crippen LogP contribution in [0.2, 0.25) is 0 Å². The third-order valence-electron chi connectivity index (χ3n) is 3.60. The van der Waals surface area contributed by atoms with E-state index in [1.807, 2.05) is 0 Å². The van der Waals surface area contributed by atoms with Crippen molar-refractivity contribution in [3.05, 3.63) is 65.5 Å². The Bertz CT molecular complexity index is 665. The molecule has 1 aliphatic carbocycles. The zero-order valence-corrected chi connectivity index (χ0v) is 10.8. The topological polar surface area (TPSA) is 49.3 Å². The summed E-state index contributed by atoms with van der Waals surface area (Å²) in [4.78, 5) is 12.2. The summed E-state index contributed by atoms with van der Waals surface area (Å²) < 4.78 is 13.9. The lowest BCUT2D eigenvalue weighted by Gasteiger charge is -2.18. The normalized spacial score (nSPS) is 15.7. The Labute approximate surface area is 116 Å². The summed E-state index contributed by atoms with van der Waals surface area (Å²) in [5.41, 5.74) is 0.287. The first-order valence-corrected chi connectivity index (χ1v) is 6.47. The highest BCUT2D eigenvalue weighted by Gasteiger charge is 2.47. The Morgan fingerprint density at radius 1 is 1.15 bits per heavy atom. The minimum atomic E-state index is -0.603. The van der Waals surface area contributed by atoms with Crippen LogP contribution < -0.4 is 5.32 Å². The first kappa shape index (κ1) is 12.7. The second-order valence-corrected chi connectivity index (χ2v) is 5.07. The number of amides is 1. The van der Waals surface area contributed by atoms with Crippen LogP contribution in [-0.4, -0.2) is 11.0 Å². The predicted octanol–water partition coefficient (Wildman–Crippen LogP) is 2.95. The maximum Gasteiger partial charge on any atom is 0.252 e. The van der Waals surface area contributed by atoms with E-state index in [0.29, 0.717) is 11.1 Å². The fourth-order valence-corrected chi connectivity index (χ4v) is 2.37. The molecule has 3 rings (SSSR count). The average molecular weight is 271 g/mol. The van der Waals surface area contributed by atoms with Crippen molar-refractivity contribution in [2.45, 2.75) is 18.4 Å². The summed E-state index contributed by atoms with van der Waals surface area (Å²) >= 11 is 0. The van der Waals surface area contributed by atoms with Crippen LogP contribution in [0.25, 0.3) is 0 Å². The molecular formula is C16H14FNO2. The number of carbonyl (C=O) groups excluding carboxylic acids is 1. The molecule has 1 aliphatic rings. The average Bonchev–Trinajstić information content (AvgIpc) is 3.20. The molecule has 4 heteroatoms. The molecule has 2 N–H and O–H groups in total. The van der Waals surface area contributed by atoms with Crippen LogP contribution in [0.3, 0.4) is 0 Å². The quantitative estimate of drug-likeness (QED) is 0.901. The van der Waals surface area contributed by atoms with Crippen molar-refractivity contribution in [2.24, 2.45) is 0 Å². The maximum absolute atomic E-state index is 13.9. The lowest BCUT2D eigenvalue weighted by Crippen LogP contribution is -2.35. The fourth-order valence-electron chi connectivity index (χ4n) is 2.37.